The lowest BCUT2D eigenvalue weighted by Crippen LogP contribution is -2.03. The Balaban J connectivity index is 2.38. The molecule has 1 heterocycles. The number of rotatable bonds is 4. The predicted molar refractivity (Wildman–Crippen MR) is 79.5 cm³/mol. The number of nitrogens with zero attached hydrogens (tertiary/aromatic N) is 1. The number of benzene rings is 1. The minimum absolute atomic E-state index is 0.0494. The van der Waals surface area contributed by atoms with Crippen molar-refractivity contribution in [1.29, 1.82) is 0 Å². The van der Waals surface area contributed by atoms with Gasteiger partial charge in [-0.15, -0.1) is 0 Å². The summed E-state index contributed by atoms with van der Waals surface area (Å²) in [6.45, 7) is 3.80. The Morgan fingerprint density at radius 1 is 1.33 bits per heavy atom. The molecule has 0 fully saturated rings. The predicted octanol–water partition coefficient (Wildman–Crippen LogP) is 4.60. The fourth-order valence-corrected chi connectivity index (χ4v) is 1.91. The quantitative estimate of drug-likeness (QED) is 0.872. The van der Waals surface area contributed by atoms with E-state index in [4.69, 9.17) is 9.84 Å². The maximum Gasteiger partial charge on any atom is 0.335 e. The molecule has 1 aromatic carbocycles. The molecule has 2 aromatic rings. The lowest BCUT2D eigenvalue weighted by molar-refractivity contribution is 0.0696. The number of aromatic carboxylic acids is 1. The van der Waals surface area contributed by atoms with Crippen molar-refractivity contribution < 1.29 is 19.0 Å². The normalized spacial score (nSPS) is 10.7. The SMILES string of the molecule is CC(C)c1cc(C(=O)O)cc(Oc2ccc(Br)c(F)c2)n1. The van der Waals surface area contributed by atoms with E-state index >= 15 is 0 Å². The molecule has 0 unspecified atom stereocenters. The lowest BCUT2D eigenvalue weighted by Gasteiger charge is -2.10. The average Bonchev–Trinajstić information content (AvgIpc) is 2.42. The maximum atomic E-state index is 13.5. The first kappa shape index (κ1) is 15.4. The smallest absolute Gasteiger partial charge is 0.335 e. The van der Waals surface area contributed by atoms with Gasteiger partial charge < -0.3 is 9.84 Å². The second-order valence-electron chi connectivity index (χ2n) is 4.76. The zero-order valence-electron chi connectivity index (χ0n) is 11.4. The first-order chi connectivity index (χ1) is 9.86. The number of ether oxygens (including phenoxy) is 1. The molecule has 0 radical (unpaired) electrons. The van der Waals surface area contributed by atoms with Crippen LogP contribution in [0.2, 0.25) is 0 Å². The molecular formula is C15H13BrFNO3. The molecule has 4 nitrogen and oxygen atoms in total. The highest BCUT2D eigenvalue weighted by Crippen LogP contribution is 2.26. The molecule has 0 aliphatic carbocycles. The van der Waals surface area contributed by atoms with E-state index in [-0.39, 0.29) is 23.1 Å². The highest BCUT2D eigenvalue weighted by Gasteiger charge is 2.12. The first-order valence-corrected chi connectivity index (χ1v) is 7.04. The van der Waals surface area contributed by atoms with Gasteiger partial charge in [-0.05, 0) is 40.0 Å². The van der Waals surface area contributed by atoms with Crippen molar-refractivity contribution in [1.82, 2.24) is 4.98 Å². The van der Waals surface area contributed by atoms with Gasteiger partial charge in [-0.25, -0.2) is 14.2 Å². The Morgan fingerprint density at radius 2 is 2.05 bits per heavy atom. The summed E-state index contributed by atoms with van der Waals surface area (Å²) in [5.41, 5.74) is 0.684. The van der Waals surface area contributed by atoms with Crippen LogP contribution in [0, 0.1) is 5.82 Å². The summed E-state index contributed by atoms with van der Waals surface area (Å²) >= 11 is 3.05. The van der Waals surface area contributed by atoms with Crippen molar-refractivity contribution in [3.05, 3.63) is 51.9 Å². The molecule has 0 bridgehead atoms. The van der Waals surface area contributed by atoms with Crippen LogP contribution in [-0.4, -0.2) is 16.1 Å². The number of halogens is 2. The van der Waals surface area contributed by atoms with Crippen LogP contribution in [0.5, 0.6) is 11.6 Å². The summed E-state index contributed by atoms with van der Waals surface area (Å²) in [6, 6.07) is 7.09. The lowest BCUT2D eigenvalue weighted by atomic mass is 10.1. The summed E-state index contributed by atoms with van der Waals surface area (Å²) in [4.78, 5) is 15.4. The molecule has 1 N–H and O–H groups in total. The third-order valence-electron chi connectivity index (χ3n) is 2.77. The number of carbonyl (C=O) groups is 1. The van der Waals surface area contributed by atoms with Gasteiger partial charge in [-0.3, -0.25) is 0 Å². The second-order valence-corrected chi connectivity index (χ2v) is 5.61. The second kappa shape index (κ2) is 6.22. The fourth-order valence-electron chi connectivity index (χ4n) is 1.66. The van der Waals surface area contributed by atoms with Gasteiger partial charge in [0.2, 0.25) is 5.88 Å². The van der Waals surface area contributed by atoms with Crippen molar-refractivity contribution in [3.8, 4) is 11.6 Å². The van der Waals surface area contributed by atoms with E-state index in [0.29, 0.717) is 10.2 Å². The van der Waals surface area contributed by atoms with E-state index in [1.54, 1.807) is 6.07 Å². The van der Waals surface area contributed by atoms with Gasteiger partial charge in [-0.2, -0.15) is 0 Å². The third-order valence-corrected chi connectivity index (χ3v) is 3.42. The molecule has 0 saturated heterocycles. The third kappa shape index (κ3) is 3.78. The van der Waals surface area contributed by atoms with Gasteiger partial charge in [0.25, 0.3) is 0 Å². The maximum absolute atomic E-state index is 13.5. The van der Waals surface area contributed by atoms with E-state index < -0.39 is 11.8 Å². The Morgan fingerprint density at radius 3 is 2.62 bits per heavy atom. The van der Waals surface area contributed by atoms with Gasteiger partial charge in [0.15, 0.2) is 0 Å². The van der Waals surface area contributed by atoms with Gasteiger partial charge in [0.1, 0.15) is 11.6 Å². The van der Waals surface area contributed by atoms with E-state index in [0.717, 1.165) is 0 Å². The minimum atomic E-state index is -1.06. The van der Waals surface area contributed by atoms with Crippen molar-refractivity contribution in [3.63, 3.8) is 0 Å². The number of aromatic nitrogens is 1. The molecule has 0 amide bonds. The molecule has 110 valence electrons. The molecule has 0 atom stereocenters. The van der Waals surface area contributed by atoms with E-state index in [2.05, 4.69) is 20.9 Å². The highest BCUT2D eigenvalue weighted by atomic mass is 79.9. The topological polar surface area (TPSA) is 59.4 Å². The van der Waals surface area contributed by atoms with Gasteiger partial charge >= 0.3 is 5.97 Å². The zero-order valence-corrected chi connectivity index (χ0v) is 13.0. The molecule has 1 aromatic heterocycles. The Kier molecular flexibility index (Phi) is 4.57. The number of carboxylic acid groups (broad SMARTS) is 1. The van der Waals surface area contributed by atoms with E-state index in [1.165, 1.54) is 24.3 Å². The number of hydrogen-bond donors (Lipinski definition) is 1. The molecule has 21 heavy (non-hydrogen) atoms. The van der Waals surface area contributed by atoms with Crippen LogP contribution < -0.4 is 4.74 Å². The van der Waals surface area contributed by atoms with Crippen molar-refractivity contribution >= 4 is 21.9 Å². The summed E-state index contributed by atoms with van der Waals surface area (Å²) in [5, 5.41) is 9.11. The van der Waals surface area contributed by atoms with Crippen LogP contribution in [0.15, 0.2) is 34.8 Å². The number of carboxylic acids is 1. The van der Waals surface area contributed by atoms with E-state index in [9.17, 15) is 9.18 Å². The van der Waals surface area contributed by atoms with E-state index in [1.807, 2.05) is 13.8 Å². The van der Waals surface area contributed by atoms with Gasteiger partial charge in [0.05, 0.1) is 10.0 Å². The van der Waals surface area contributed by atoms with Crippen LogP contribution in [-0.2, 0) is 0 Å². The summed E-state index contributed by atoms with van der Waals surface area (Å²) in [7, 11) is 0. The summed E-state index contributed by atoms with van der Waals surface area (Å²) < 4.78 is 19.2. The van der Waals surface area contributed by atoms with Crippen LogP contribution in [0.4, 0.5) is 4.39 Å². The first-order valence-electron chi connectivity index (χ1n) is 6.25. The zero-order chi connectivity index (χ0) is 15.6. The van der Waals surface area contributed by atoms with Crippen molar-refractivity contribution in [2.75, 3.05) is 0 Å². The molecule has 0 aliphatic heterocycles. The molecule has 0 spiro atoms. The minimum Gasteiger partial charge on any atom is -0.478 e. The average molecular weight is 354 g/mol. The molecule has 2 rings (SSSR count). The summed E-state index contributed by atoms with van der Waals surface area (Å²) in [6.07, 6.45) is 0. The van der Waals surface area contributed by atoms with Crippen molar-refractivity contribution in [2.45, 2.75) is 19.8 Å². The molecule has 0 aliphatic rings. The van der Waals surface area contributed by atoms with Crippen molar-refractivity contribution in [2.24, 2.45) is 0 Å². The van der Waals surface area contributed by atoms with Crippen LogP contribution in [0.25, 0.3) is 0 Å². The van der Waals surface area contributed by atoms with Crippen LogP contribution in [0.3, 0.4) is 0 Å². The Labute approximate surface area is 129 Å². The largest absolute Gasteiger partial charge is 0.478 e. The highest BCUT2D eigenvalue weighted by molar-refractivity contribution is 9.10. The summed E-state index contributed by atoms with van der Waals surface area (Å²) in [5.74, 6) is -1.11. The Hall–Kier alpha value is -1.95. The van der Waals surface area contributed by atoms with Gasteiger partial charge in [0, 0.05) is 17.8 Å². The standard InChI is InChI=1S/C15H13BrFNO3/c1-8(2)13-5-9(15(19)20)6-14(18-13)21-10-3-4-11(16)12(17)7-10/h3-8H,1-2H3,(H,19,20). The Bertz CT molecular complexity index is 689. The number of hydrogen-bond acceptors (Lipinski definition) is 3. The number of pyridine rings is 1. The molecular weight excluding hydrogens is 341 g/mol. The fraction of sp³-hybridized carbons (Fsp3) is 0.200. The monoisotopic (exact) mass is 353 g/mol. The van der Waals surface area contributed by atoms with Crippen LogP contribution >= 0.6 is 15.9 Å². The van der Waals surface area contributed by atoms with Crippen LogP contribution in [0.1, 0.15) is 35.8 Å². The molecule has 0 saturated carbocycles. The van der Waals surface area contributed by atoms with Gasteiger partial charge in [-0.1, -0.05) is 13.8 Å². The molecule has 6 heteroatoms.